The number of nitrogens with two attached hydrogens (primary N) is 1. The third-order valence-electron chi connectivity index (χ3n) is 6.25. The summed E-state index contributed by atoms with van der Waals surface area (Å²) in [6.07, 6.45) is 6.72. The van der Waals surface area contributed by atoms with Gasteiger partial charge >= 0.3 is 0 Å². The van der Waals surface area contributed by atoms with Gasteiger partial charge in [-0.05, 0) is 46.0 Å². The smallest absolute Gasteiger partial charge is 0.260 e. The Morgan fingerprint density at radius 2 is 1.97 bits per heavy atom. The number of aromatic nitrogens is 5. The van der Waals surface area contributed by atoms with Crippen LogP contribution in [-0.4, -0.2) is 68.9 Å². The maximum absolute atomic E-state index is 13.9. The predicted octanol–water partition coefficient (Wildman–Crippen LogP) is 3.33. The number of fused-ring (bicyclic) bond motifs is 1. The summed E-state index contributed by atoms with van der Waals surface area (Å²) >= 11 is 6.73. The normalized spacial score (nSPS) is 15.2. The molecule has 0 spiro atoms. The summed E-state index contributed by atoms with van der Waals surface area (Å²) in [5.41, 5.74) is 8.83. The van der Waals surface area contributed by atoms with Gasteiger partial charge in [0.15, 0.2) is 0 Å². The van der Waals surface area contributed by atoms with Crippen LogP contribution in [0.15, 0.2) is 47.7 Å². The van der Waals surface area contributed by atoms with E-state index in [4.69, 9.17) is 16.4 Å². The number of likely N-dealkylation sites (N-methyl/N-ethyl adjacent to an activating group) is 1. The number of halogens is 1. The first kappa shape index (κ1) is 27.3. The van der Waals surface area contributed by atoms with Crippen molar-refractivity contribution in [2.75, 3.05) is 38.5 Å². The molecule has 38 heavy (non-hydrogen) atoms. The third kappa shape index (κ3) is 5.88. The van der Waals surface area contributed by atoms with E-state index in [1.807, 2.05) is 42.7 Å². The lowest BCUT2D eigenvalue weighted by Gasteiger charge is -2.19. The Labute approximate surface area is 225 Å². The fourth-order valence-electron chi connectivity index (χ4n) is 4.51. The van der Waals surface area contributed by atoms with Gasteiger partial charge < -0.3 is 20.7 Å². The van der Waals surface area contributed by atoms with Crippen molar-refractivity contribution in [3.8, 4) is 22.4 Å². The molecule has 3 aromatic heterocycles. The Balaban J connectivity index is 0.000000786. The molecule has 1 aromatic carbocycles. The van der Waals surface area contributed by atoms with Crippen molar-refractivity contribution in [2.45, 2.75) is 26.3 Å². The molecule has 4 aromatic rings. The summed E-state index contributed by atoms with van der Waals surface area (Å²) in [4.78, 5) is 43.0. The highest BCUT2D eigenvalue weighted by atomic mass is 35.5. The van der Waals surface area contributed by atoms with Gasteiger partial charge in [0.25, 0.3) is 5.56 Å². The molecule has 0 saturated carbocycles. The zero-order chi connectivity index (χ0) is 27.2. The van der Waals surface area contributed by atoms with E-state index in [-0.39, 0.29) is 18.1 Å². The molecule has 1 saturated heterocycles. The number of aryl methyl sites for hydroxylation is 1. The van der Waals surface area contributed by atoms with Gasteiger partial charge in [0.2, 0.25) is 5.95 Å². The SMILES string of the molecule is CCNc1ncc2cc(-c3ccc(-c4cncc(C)n4)cc3Cl)c(=O)n(C3CCN(C)C3)c2n1.NCC=O. The maximum atomic E-state index is 13.9. The van der Waals surface area contributed by atoms with Crippen LogP contribution in [0, 0.1) is 6.92 Å². The molecule has 11 heteroatoms. The fourth-order valence-corrected chi connectivity index (χ4v) is 4.80. The number of nitrogens with zero attached hydrogens (tertiary/aromatic N) is 6. The zero-order valence-electron chi connectivity index (χ0n) is 21.7. The van der Waals surface area contributed by atoms with Crippen LogP contribution in [0.1, 0.15) is 25.1 Å². The summed E-state index contributed by atoms with van der Waals surface area (Å²) in [5.74, 6) is 0.518. The molecule has 0 bridgehead atoms. The second-order valence-corrected chi connectivity index (χ2v) is 9.49. The minimum atomic E-state index is -0.0982. The molecule has 10 nitrogen and oxygen atoms in total. The molecule has 1 atom stereocenters. The lowest BCUT2D eigenvalue weighted by Crippen LogP contribution is -2.29. The van der Waals surface area contributed by atoms with Crippen LogP contribution in [0.4, 0.5) is 5.95 Å². The van der Waals surface area contributed by atoms with Gasteiger partial charge in [-0.15, -0.1) is 0 Å². The molecule has 0 radical (unpaired) electrons. The maximum Gasteiger partial charge on any atom is 0.260 e. The average molecular weight is 535 g/mol. The highest BCUT2D eigenvalue weighted by molar-refractivity contribution is 6.33. The van der Waals surface area contributed by atoms with Crippen molar-refractivity contribution < 1.29 is 4.79 Å². The molecular formula is C27H31ClN8O2. The van der Waals surface area contributed by atoms with Gasteiger partial charge in [-0.1, -0.05) is 23.7 Å². The summed E-state index contributed by atoms with van der Waals surface area (Å²) < 4.78 is 1.83. The minimum absolute atomic E-state index is 0.0324. The summed E-state index contributed by atoms with van der Waals surface area (Å²) in [7, 11) is 2.07. The molecule has 1 aliphatic rings. The van der Waals surface area contributed by atoms with Crippen molar-refractivity contribution in [3.63, 3.8) is 0 Å². The molecular weight excluding hydrogens is 504 g/mol. The van der Waals surface area contributed by atoms with E-state index in [0.29, 0.717) is 40.6 Å². The van der Waals surface area contributed by atoms with E-state index in [1.54, 1.807) is 18.6 Å². The molecule has 4 heterocycles. The standard InChI is InChI=1S/C25H26ClN7O.C2H5NO/c1-4-28-25-29-12-17-9-20(24(34)33(23(17)31-25)18-7-8-32(3)14-18)19-6-5-16(10-21(19)26)22-13-27-11-15(2)30-22;3-1-2-4/h5-6,9-13,18H,4,7-8,14H2,1-3H3,(H,28,29,31);2H,1,3H2. The monoisotopic (exact) mass is 534 g/mol. The van der Waals surface area contributed by atoms with Gasteiger partial charge in [-0.25, -0.2) is 9.97 Å². The number of carbonyl (C=O) groups is 1. The number of anilines is 1. The van der Waals surface area contributed by atoms with Crippen LogP contribution in [0.2, 0.25) is 5.02 Å². The molecule has 1 unspecified atom stereocenters. The molecule has 3 N–H and O–H groups in total. The number of benzene rings is 1. The van der Waals surface area contributed by atoms with E-state index in [0.717, 1.165) is 41.8 Å². The van der Waals surface area contributed by atoms with Crippen molar-refractivity contribution in [1.82, 2.24) is 29.4 Å². The summed E-state index contributed by atoms with van der Waals surface area (Å²) in [6, 6.07) is 7.51. The van der Waals surface area contributed by atoms with Gasteiger partial charge in [0.1, 0.15) is 11.9 Å². The summed E-state index contributed by atoms with van der Waals surface area (Å²) in [5, 5.41) is 4.43. The van der Waals surface area contributed by atoms with Crippen molar-refractivity contribution in [1.29, 1.82) is 0 Å². The zero-order valence-corrected chi connectivity index (χ0v) is 22.4. The van der Waals surface area contributed by atoms with E-state index < -0.39 is 0 Å². The first-order chi connectivity index (χ1) is 18.4. The lowest BCUT2D eigenvalue weighted by atomic mass is 10.0. The topological polar surface area (TPSA) is 132 Å². The highest BCUT2D eigenvalue weighted by Gasteiger charge is 2.26. The summed E-state index contributed by atoms with van der Waals surface area (Å²) in [6.45, 7) is 6.45. The number of hydrogen-bond donors (Lipinski definition) is 2. The molecule has 1 aliphatic heterocycles. The quantitative estimate of drug-likeness (QED) is 0.357. The van der Waals surface area contributed by atoms with Gasteiger partial charge in [-0.3, -0.25) is 14.3 Å². The molecule has 198 valence electrons. The van der Waals surface area contributed by atoms with E-state index in [2.05, 4.69) is 42.9 Å². The Morgan fingerprint density at radius 3 is 2.61 bits per heavy atom. The predicted molar refractivity (Wildman–Crippen MR) is 150 cm³/mol. The molecule has 0 amide bonds. The van der Waals surface area contributed by atoms with E-state index >= 15 is 0 Å². The Bertz CT molecular complexity index is 1510. The average Bonchev–Trinajstić information content (AvgIpc) is 3.34. The number of carbonyl (C=O) groups excluding carboxylic acids is 1. The van der Waals surface area contributed by atoms with Crippen molar-refractivity contribution >= 4 is 34.9 Å². The third-order valence-corrected chi connectivity index (χ3v) is 6.56. The van der Waals surface area contributed by atoms with Crippen LogP contribution in [0.25, 0.3) is 33.4 Å². The van der Waals surface area contributed by atoms with Gasteiger partial charge in [0.05, 0.1) is 23.6 Å². The molecule has 1 fully saturated rings. The number of nitrogens with one attached hydrogen (secondary N) is 1. The largest absolute Gasteiger partial charge is 0.354 e. The number of likely N-dealkylation sites (tertiary alicyclic amines) is 1. The number of aldehydes is 1. The number of pyridine rings is 1. The van der Waals surface area contributed by atoms with Crippen LogP contribution < -0.4 is 16.6 Å². The first-order valence-corrected chi connectivity index (χ1v) is 12.8. The highest BCUT2D eigenvalue weighted by Crippen LogP contribution is 2.32. The second kappa shape index (κ2) is 12.2. The van der Waals surface area contributed by atoms with Gasteiger partial charge in [-0.2, -0.15) is 4.98 Å². The van der Waals surface area contributed by atoms with Crippen LogP contribution >= 0.6 is 11.6 Å². The number of rotatable bonds is 6. The second-order valence-electron chi connectivity index (χ2n) is 9.08. The van der Waals surface area contributed by atoms with E-state index in [9.17, 15) is 4.79 Å². The molecule has 0 aliphatic carbocycles. The number of hydrogen-bond acceptors (Lipinski definition) is 9. The first-order valence-electron chi connectivity index (χ1n) is 12.4. The van der Waals surface area contributed by atoms with Crippen LogP contribution in [0.3, 0.4) is 0 Å². The Hall–Kier alpha value is -3.73. The van der Waals surface area contributed by atoms with Gasteiger partial charge in [0, 0.05) is 59.1 Å². The van der Waals surface area contributed by atoms with Crippen LogP contribution in [0.5, 0.6) is 0 Å². The van der Waals surface area contributed by atoms with E-state index in [1.165, 1.54) is 0 Å². The minimum Gasteiger partial charge on any atom is -0.354 e. The van der Waals surface area contributed by atoms with Crippen LogP contribution in [-0.2, 0) is 4.79 Å². The Morgan fingerprint density at radius 1 is 1.18 bits per heavy atom. The van der Waals surface area contributed by atoms with Crippen molar-refractivity contribution in [2.24, 2.45) is 5.73 Å². The lowest BCUT2D eigenvalue weighted by molar-refractivity contribution is -0.106. The fraction of sp³-hybridized carbons (Fsp3) is 0.333. The Kier molecular flexibility index (Phi) is 8.77. The van der Waals surface area contributed by atoms with Crippen molar-refractivity contribution in [3.05, 3.63) is 63.9 Å². The molecule has 5 rings (SSSR count).